The van der Waals surface area contributed by atoms with Crippen LogP contribution in [0.1, 0.15) is 15.9 Å². The average molecular weight is 362 g/mol. The number of carbonyl (C=O) groups is 1. The zero-order valence-electron chi connectivity index (χ0n) is 12.5. The van der Waals surface area contributed by atoms with Gasteiger partial charge < -0.3 is 4.74 Å². The molecule has 0 radical (unpaired) electrons. The van der Waals surface area contributed by atoms with E-state index in [0.29, 0.717) is 0 Å². The Kier molecular flexibility index (Phi) is 5.25. The molecule has 0 bridgehead atoms. The molecule has 0 unspecified atom stereocenters. The number of carbonyl (C=O) groups excluding carboxylic acids is 1. The topological polar surface area (TPSA) is 64.5 Å². The van der Waals surface area contributed by atoms with Crippen LogP contribution >= 0.6 is 11.6 Å². The number of ether oxygens (including phenoxy) is 1. The van der Waals surface area contributed by atoms with E-state index in [0.717, 1.165) is 17.2 Å². The van der Waals surface area contributed by atoms with Gasteiger partial charge in [-0.1, -0.05) is 17.7 Å². The molecule has 2 aromatic rings. The standard InChI is InChI=1S/C14H11ClF3N3O3/c1-21(23-2)13(22)10-7-11(15)19-20-12(10)24-9-5-3-4-8(6-9)14(16,17)18/h3-7H,1-2H3. The lowest BCUT2D eigenvalue weighted by atomic mass is 10.2. The van der Waals surface area contributed by atoms with Gasteiger partial charge >= 0.3 is 6.18 Å². The average Bonchev–Trinajstić information content (AvgIpc) is 2.54. The Morgan fingerprint density at radius 3 is 2.58 bits per heavy atom. The van der Waals surface area contributed by atoms with Gasteiger partial charge in [-0.05, 0) is 24.3 Å². The van der Waals surface area contributed by atoms with Crippen molar-refractivity contribution in [1.29, 1.82) is 0 Å². The number of hydrogen-bond acceptors (Lipinski definition) is 5. The van der Waals surface area contributed by atoms with E-state index in [-0.39, 0.29) is 22.3 Å². The van der Waals surface area contributed by atoms with Crippen LogP contribution in [0.5, 0.6) is 11.6 Å². The number of hydrogen-bond donors (Lipinski definition) is 0. The lowest BCUT2D eigenvalue weighted by Crippen LogP contribution is -2.26. The third kappa shape index (κ3) is 4.12. The second-order valence-electron chi connectivity index (χ2n) is 4.50. The third-order valence-corrected chi connectivity index (χ3v) is 3.08. The van der Waals surface area contributed by atoms with E-state index in [1.807, 2.05) is 0 Å². The second kappa shape index (κ2) is 7.02. The summed E-state index contributed by atoms with van der Waals surface area (Å²) in [4.78, 5) is 16.9. The van der Waals surface area contributed by atoms with Gasteiger partial charge in [-0.15, -0.1) is 10.2 Å². The van der Waals surface area contributed by atoms with Crippen LogP contribution in [0.4, 0.5) is 13.2 Å². The van der Waals surface area contributed by atoms with Gasteiger partial charge in [-0.25, -0.2) is 5.06 Å². The molecule has 0 N–H and O–H groups in total. The maximum atomic E-state index is 12.7. The molecule has 0 atom stereocenters. The Labute approximate surface area is 139 Å². The van der Waals surface area contributed by atoms with Crippen LogP contribution in [0, 0.1) is 0 Å². The minimum Gasteiger partial charge on any atom is -0.437 e. The zero-order valence-corrected chi connectivity index (χ0v) is 13.2. The van der Waals surface area contributed by atoms with Crippen molar-refractivity contribution in [2.45, 2.75) is 6.18 Å². The zero-order chi connectivity index (χ0) is 17.9. The van der Waals surface area contributed by atoms with E-state index in [1.54, 1.807) is 0 Å². The number of nitrogens with zero attached hydrogens (tertiary/aromatic N) is 3. The van der Waals surface area contributed by atoms with Crippen LogP contribution in [0.3, 0.4) is 0 Å². The lowest BCUT2D eigenvalue weighted by molar-refractivity contribution is -0.137. The van der Waals surface area contributed by atoms with Crippen molar-refractivity contribution < 1.29 is 27.5 Å². The van der Waals surface area contributed by atoms with Crippen molar-refractivity contribution in [2.24, 2.45) is 0 Å². The minimum absolute atomic E-state index is 0.0840. The lowest BCUT2D eigenvalue weighted by Gasteiger charge is -2.16. The van der Waals surface area contributed by atoms with Crippen LogP contribution < -0.4 is 4.74 Å². The number of rotatable bonds is 4. The Hall–Kier alpha value is -2.39. The molecule has 0 aliphatic heterocycles. The van der Waals surface area contributed by atoms with E-state index < -0.39 is 17.6 Å². The van der Waals surface area contributed by atoms with E-state index in [1.165, 1.54) is 32.4 Å². The summed E-state index contributed by atoms with van der Waals surface area (Å²) in [5, 5.41) is 7.94. The quantitative estimate of drug-likeness (QED) is 0.779. The highest BCUT2D eigenvalue weighted by Gasteiger charge is 2.31. The Morgan fingerprint density at radius 2 is 1.96 bits per heavy atom. The molecule has 0 saturated carbocycles. The smallest absolute Gasteiger partial charge is 0.416 e. The summed E-state index contributed by atoms with van der Waals surface area (Å²) >= 11 is 5.71. The molecule has 2 rings (SSSR count). The first-order chi connectivity index (χ1) is 11.2. The molecule has 1 amide bonds. The van der Waals surface area contributed by atoms with Crippen LogP contribution in [0.25, 0.3) is 0 Å². The van der Waals surface area contributed by atoms with E-state index in [2.05, 4.69) is 10.2 Å². The first kappa shape index (κ1) is 18.0. The summed E-state index contributed by atoms with van der Waals surface area (Å²) in [7, 11) is 2.60. The molecule has 0 spiro atoms. The molecule has 1 aromatic heterocycles. The minimum atomic E-state index is -4.53. The molecular weight excluding hydrogens is 351 g/mol. The second-order valence-corrected chi connectivity index (χ2v) is 4.89. The van der Waals surface area contributed by atoms with Crippen LogP contribution in [0.2, 0.25) is 5.15 Å². The molecule has 10 heteroatoms. The summed E-state index contributed by atoms with van der Waals surface area (Å²) in [6, 6.07) is 5.31. The summed E-state index contributed by atoms with van der Waals surface area (Å²) in [6.07, 6.45) is -4.53. The predicted molar refractivity (Wildman–Crippen MR) is 77.7 cm³/mol. The molecule has 128 valence electrons. The molecule has 0 aliphatic rings. The molecule has 6 nitrogen and oxygen atoms in total. The predicted octanol–water partition coefficient (Wildman–Crippen LogP) is 3.57. The van der Waals surface area contributed by atoms with E-state index in [4.69, 9.17) is 21.2 Å². The van der Waals surface area contributed by atoms with Crippen molar-refractivity contribution in [3.63, 3.8) is 0 Å². The highest BCUT2D eigenvalue weighted by molar-refractivity contribution is 6.29. The van der Waals surface area contributed by atoms with Gasteiger partial charge in [-0.3, -0.25) is 9.63 Å². The monoisotopic (exact) mass is 361 g/mol. The number of aromatic nitrogens is 2. The number of amides is 1. The molecular formula is C14H11ClF3N3O3. The van der Waals surface area contributed by atoms with Crippen molar-refractivity contribution in [1.82, 2.24) is 15.3 Å². The van der Waals surface area contributed by atoms with Gasteiger partial charge in [0.2, 0.25) is 0 Å². The SMILES string of the molecule is CON(C)C(=O)c1cc(Cl)nnc1Oc1cccc(C(F)(F)F)c1. The fraction of sp³-hybridized carbons (Fsp3) is 0.214. The van der Waals surface area contributed by atoms with Gasteiger partial charge in [0.1, 0.15) is 11.3 Å². The molecule has 0 fully saturated rings. The maximum absolute atomic E-state index is 12.7. The van der Waals surface area contributed by atoms with Crippen molar-refractivity contribution >= 4 is 17.5 Å². The van der Waals surface area contributed by atoms with Gasteiger partial charge in [-0.2, -0.15) is 13.2 Å². The number of hydroxylamine groups is 2. The Bertz CT molecular complexity index is 756. The fourth-order valence-electron chi connectivity index (χ4n) is 1.69. The van der Waals surface area contributed by atoms with Crippen LogP contribution in [-0.2, 0) is 11.0 Å². The molecule has 1 aromatic carbocycles. The number of benzene rings is 1. The third-order valence-electron chi connectivity index (χ3n) is 2.90. The Balaban J connectivity index is 2.38. The molecule has 0 aliphatic carbocycles. The van der Waals surface area contributed by atoms with Gasteiger partial charge in [0.15, 0.2) is 5.15 Å². The highest BCUT2D eigenvalue weighted by Crippen LogP contribution is 2.33. The van der Waals surface area contributed by atoms with E-state index in [9.17, 15) is 18.0 Å². The molecule has 1 heterocycles. The van der Waals surface area contributed by atoms with Crippen molar-refractivity contribution in [2.75, 3.05) is 14.2 Å². The first-order valence-electron chi connectivity index (χ1n) is 6.43. The largest absolute Gasteiger partial charge is 0.437 e. The van der Waals surface area contributed by atoms with Crippen molar-refractivity contribution in [3.8, 4) is 11.6 Å². The van der Waals surface area contributed by atoms with E-state index >= 15 is 0 Å². The number of halogens is 4. The highest BCUT2D eigenvalue weighted by atomic mass is 35.5. The van der Waals surface area contributed by atoms with Crippen molar-refractivity contribution in [3.05, 3.63) is 46.6 Å². The summed E-state index contributed by atoms with van der Waals surface area (Å²) < 4.78 is 43.5. The Morgan fingerprint density at radius 1 is 1.25 bits per heavy atom. The van der Waals surface area contributed by atoms with Gasteiger partial charge in [0.25, 0.3) is 11.8 Å². The number of alkyl halides is 3. The fourth-order valence-corrected chi connectivity index (χ4v) is 1.83. The van der Waals surface area contributed by atoms with Gasteiger partial charge in [0, 0.05) is 7.05 Å². The molecule has 0 saturated heterocycles. The summed E-state index contributed by atoms with van der Waals surface area (Å²) in [6.45, 7) is 0. The summed E-state index contributed by atoms with van der Waals surface area (Å²) in [5.41, 5.74) is -1.01. The molecule has 24 heavy (non-hydrogen) atoms. The van der Waals surface area contributed by atoms with Crippen LogP contribution in [0.15, 0.2) is 30.3 Å². The normalized spacial score (nSPS) is 11.2. The maximum Gasteiger partial charge on any atom is 0.416 e. The van der Waals surface area contributed by atoms with Gasteiger partial charge in [0.05, 0.1) is 12.7 Å². The summed E-state index contributed by atoms with van der Waals surface area (Å²) in [5.74, 6) is -1.11. The first-order valence-corrected chi connectivity index (χ1v) is 6.80. The van der Waals surface area contributed by atoms with Crippen LogP contribution in [-0.4, -0.2) is 35.3 Å².